The molecule has 2 rings (SSSR count). The van der Waals surface area contributed by atoms with Crippen LogP contribution in [0.3, 0.4) is 0 Å². The summed E-state index contributed by atoms with van der Waals surface area (Å²) in [4.78, 5) is 14.7. The third kappa shape index (κ3) is 4.23. The Morgan fingerprint density at radius 2 is 2.24 bits per heavy atom. The van der Waals surface area contributed by atoms with Crippen molar-refractivity contribution in [3.05, 3.63) is 40.4 Å². The van der Waals surface area contributed by atoms with E-state index in [0.717, 1.165) is 5.69 Å². The predicted molar refractivity (Wildman–Crippen MR) is 55.4 cm³/mol. The number of carbonyl (C=O) groups is 1. The third-order valence-corrected chi connectivity index (χ3v) is 2.29. The number of carbonyl (C=O) groups excluding carboxylic acids is 1. The maximum Gasteiger partial charge on any atom is 1.00 e. The van der Waals surface area contributed by atoms with Crippen LogP contribution in [0.25, 0.3) is 0 Å². The molecule has 0 amide bonds. The van der Waals surface area contributed by atoms with Crippen molar-refractivity contribution in [1.82, 2.24) is 20.0 Å². The maximum atomic E-state index is 10.5. The molecule has 8 heteroatoms. The maximum absolute atomic E-state index is 10.5. The van der Waals surface area contributed by atoms with Gasteiger partial charge in [0.15, 0.2) is 0 Å². The SMILES string of the molecule is O=C([O-])c1cn(Cc2cccc(Br)n2)nn1.[K+]. The molecule has 0 saturated carbocycles. The van der Waals surface area contributed by atoms with Crippen LogP contribution in [-0.2, 0) is 6.54 Å². The molecule has 0 radical (unpaired) electrons. The van der Waals surface area contributed by atoms with E-state index >= 15 is 0 Å². The number of aromatic nitrogens is 4. The van der Waals surface area contributed by atoms with Gasteiger partial charge in [-0.25, -0.2) is 9.67 Å². The molecule has 0 spiro atoms. The zero-order valence-corrected chi connectivity index (χ0v) is 13.7. The topological polar surface area (TPSA) is 83.7 Å². The van der Waals surface area contributed by atoms with Crippen LogP contribution >= 0.6 is 15.9 Å². The van der Waals surface area contributed by atoms with Crippen LogP contribution in [0.4, 0.5) is 0 Å². The molecular weight excluding hydrogens is 315 g/mol. The van der Waals surface area contributed by atoms with E-state index in [1.165, 1.54) is 10.9 Å². The minimum atomic E-state index is -1.34. The summed E-state index contributed by atoms with van der Waals surface area (Å²) in [5.74, 6) is -1.34. The van der Waals surface area contributed by atoms with E-state index in [1.807, 2.05) is 12.1 Å². The summed E-state index contributed by atoms with van der Waals surface area (Å²) < 4.78 is 2.10. The summed E-state index contributed by atoms with van der Waals surface area (Å²) in [6, 6.07) is 5.45. The van der Waals surface area contributed by atoms with Crippen LogP contribution in [0.15, 0.2) is 29.0 Å². The Labute approximate surface area is 148 Å². The molecule has 0 aliphatic heterocycles. The Balaban J connectivity index is 0.00000144. The van der Waals surface area contributed by atoms with Gasteiger partial charge in [0.2, 0.25) is 0 Å². The van der Waals surface area contributed by atoms with E-state index in [-0.39, 0.29) is 57.1 Å². The zero-order chi connectivity index (χ0) is 11.5. The van der Waals surface area contributed by atoms with Crippen LogP contribution in [0, 0.1) is 0 Å². The third-order valence-electron chi connectivity index (χ3n) is 1.84. The number of carboxylic acid groups (broad SMARTS) is 1. The van der Waals surface area contributed by atoms with Gasteiger partial charge in [-0.3, -0.25) is 0 Å². The quantitative estimate of drug-likeness (QED) is 0.440. The fourth-order valence-corrected chi connectivity index (χ4v) is 1.55. The average molecular weight is 321 g/mol. The van der Waals surface area contributed by atoms with E-state index < -0.39 is 5.97 Å². The molecule has 2 heterocycles. The molecule has 0 unspecified atom stereocenters. The van der Waals surface area contributed by atoms with Gasteiger partial charge in [0, 0.05) is 0 Å². The van der Waals surface area contributed by atoms with E-state index in [9.17, 15) is 9.90 Å². The number of carboxylic acids is 1. The minimum Gasteiger partial charge on any atom is -0.543 e. The molecule has 0 aliphatic carbocycles. The van der Waals surface area contributed by atoms with Gasteiger partial charge in [0.25, 0.3) is 0 Å². The van der Waals surface area contributed by atoms with Crippen LogP contribution in [-0.4, -0.2) is 25.9 Å². The van der Waals surface area contributed by atoms with E-state index in [4.69, 9.17) is 0 Å². The van der Waals surface area contributed by atoms with Crippen molar-refractivity contribution < 1.29 is 61.3 Å². The number of aromatic carboxylic acids is 1. The monoisotopic (exact) mass is 320 g/mol. The van der Waals surface area contributed by atoms with Gasteiger partial charge >= 0.3 is 51.4 Å². The van der Waals surface area contributed by atoms with Gasteiger partial charge in [-0.05, 0) is 28.1 Å². The van der Waals surface area contributed by atoms with Crippen LogP contribution < -0.4 is 56.5 Å². The Bertz CT molecular complexity index is 531. The number of hydrogen-bond donors (Lipinski definition) is 0. The molecule has 6 nitrogen and oxygen atoms in total. The molecule has 0 atom stereocenters. The fraction of sp³-hybridized carbons (Fsp3) is 0.111. The normalized spacial score (nSPS) is 9.71. The molecule has 17 heavy (non-hydrogen) atoms. The first kappa shape index (κ1) is 14.9. The van der Waals surface area contributed by atoms with Crippen LogP contribution in [0.5, 0.6) is 0 Å². The average Bonchev–Trinajstić information content (AvgIpc) is 2.66. The van der Waals surface area contributed by atoms with Gasteiger partial charge in [-0.2, -0.15) is 0 Å². The van der Waals surface area contributed by atoms with E-state index in [1.54, 1.807) is 6.07 Å². The first-order valence-corrected chi connectivity index (χ1v) is 5.17. The van der Waals surface area contributed by atoms with Gasteiger partial charge < -0.3 is 9.90 Å². The van der Waals surface area contributed by atoms with Crippen molar-refractivity contribution in [3.63, 3.8) is 0 Å². The van der Waals surface area contributed by atoms with Crippen molar-refractivity contribution in [3.8, 4) is 0 Å². The summed E-state index contributed by atoms with van der Waals surface area (Å²) in [5.41, 5.74) is 0.569. The molecule has 2 aromatic heterocycles. The molecule has 82 valence electrons. The van der Waals surface area contributed by atoms with Gasteiger partial charge in [0.1, 0.15) is 10.3 Å². The summed E-state index contributed by atoms with van der Waals surface area (Å²) in [7, 11) is 0. The second-order valence-electron chi connectivity index (χ2n) is 3.04. The van der Waals surface area contributed by atoms with Crippen molar-refractivity contribution in [2.24, 2.45) is 0 Å². The molecule has 0 bridgehead atoms. The molecular formula is C9H6BrKN4O2. The smallest absolute Gasteiger partial charge is 0.543 e. The molecule has 0 fully saturated rings. The Kier molecular flexibility index (Phi) is 5.90. The number of hydrogen-bond acceptors (Lipinski definition) is 5. The standard InChI is InChI=1S/C9H7BrN4O2.K/c10-8-3-1-2-6(11-8)4-14-5-7(9(15)16)12-13-14;/h1-3,5H,4H2,(H,15,16);/q;+1/p-1. The molecule has 0 saturated heterocycles. The molecule has 0 aromatic carbocycles. The van der Waals surface area contributed by atoms with E-state index in [0.29, 0.717) is 11.1 Å². The number of nitrogens with zero attached hydrogens (tertiary/aromatic N) is 4. The summed E-state index contributed by atoms with van der Waals surface area (Å²) in [5, 5.41) is 17.6. The van der Waals surface area contributed by atoms with Crippen molar-refractivity contribution >= 4 is 21.9 Å². The summed E-state index contributed by atoms with van der Waals surface area (Å²) in [6.07, 6.45) is 1.30. The molecule has 0 N–H and O–H groups in total. The number of pyridine rings is 1. The van der Waals surface area contributed by atoms with Gasteiger partial charge in [-0.15, -0.1) is 5.10 Å². The predicted octanol–water partition coefficient (Wildman–Crippen LogP) is -3.15. The van der Waals surface area contributed by atoms with Crippen LogP contribution in [0.1, 0.15) is 16.2 Å². The first-order valence-electron chi connectivity index (χ1n) is 4.38. The second-order valence-corrected chi connectivity index (χ2v) is 3.85. The van der Waals surface area contributed by atoms with Crippen molar-refractivity contribution in [1.29, 1.82) is 0 Å². The summed E-state index contributed by atoms with van der Waals surface area (Å²) >= 11 is 3.24. The zero-order valence-electron chi connectivity index (χ0n) is 9.00. The Hall–Kier alpha value is -0.124. The first-order chi connectivity index (χ1) is 7.65. The number of halogens is 1. The van der Waals surface area contributed by atoms with Gasteiger partial charge in [-0.1, -0.05) is 11.3 Å². The Morgan fingerprint density at radius 3 is 2.82 bits per heavy atom. The largest absolute Gasteiger partial charge is 1.00 e. The van der Waals surface area contributed by atoms with Crippen molar-refractivity contribution in [2.75, 3.05) is 0 Å². The fourth-order valence-electron chi connectivity index (χ4n) is 1.17. The van der Waals surface area contributed by atoms with Gasteiger partial charge in [0.05, 0.1) is 24.4 Å². The number of rotatable bonds is 3. The summed E-state index contributed by atoms with van der Waals surface area (Å²) in [6.45, 7) is 0.361. The van der Waals surface area contributed by atoms with E-state index in [2.05, 4.69) is 31.2 Å². The van der Waals surface area contributed by atoms with Crippen LogP contribution in [0.2, 0.25) is 0 Å². The second kappa shape index (κ2) is 6.71. The van der Waals surface area contributed by atoms with Crippen molar-refractivity contribution in [2.45, 2.75) is 6.54 Å². The minimum absolute atomic E-state index is 0. The molecule has 0 aliphatic rings. The Morgan fingerprint density at radius 1 is 1.47 bits per heavy atom. The molecule has 2 aromatic rings.